The average molecular weight is 212 g/mol. The first-order valence-corrected chi connectivity index (χ1v) is 5.95. The lowest BCUT2D eigenvalue weighted by Gasteiger charge is -2.37. The minimum absolute atomic E-state index is 0.135. The van der Waals surface area contributed by atoms with Crippen LogP contribution in [-0.4, -0.2) is 18.5 Å². The number of hydrogen-bond acceptors (Lipinski definition) is 2. The molecule has 0 aromatic heterocycles. The molecular formula is C12H24N2O. The Morgan fingerprint density at radius 3 is 2.67 bits per heavy atom. The van der Waals surface area contributed by atoms with Gasteiger partial charge in [-0.05, 0) is 30.6 Å². The molecule has 0 heterocycles. The van der Waals surface area contributed by atoms with Crippen LogP contribution < -0.4 is 5.73 Å². The molecule has 88 valence electrons. The number of rotatable bonds is 4. The van der Waals surface area contributed by atoms with Crippen LogP contribution in [0.1, 0.15) is 40.0 Å². The van der Waals surface area contributed by atoms with E-state index in [2.05, 4.69) is 20.8 Å². The summed E-state index contributed by atoms with van der Waals surface area (Å²) in [6, 6.07) is 0. The second-order valence-corrected chi connectivity index (χ2v) is 5.20. The van der Waals surface area contributed by atoms with Gasteiger partial charge in [-0.15, -0.1) is 0 Å². The Hall–Kier alpha value is -0.570. The number of hydrogen-bond donors (Lipinski definition) is 2. The molecular weight excluding hydrogens is 188 g/mol. The minimum Gasteiger partial charge on any atom is -0.386 e. The van der Waals surface area contributed by atoms with Gasteiger partial charge in [-0.1, -0.05) is 27.2 Å². The van der Waals surface area contributed by atoms with Crippen molar-refractivity contribution in [2.45, 2.75) is 46.1 Å². The van der Waals surface area contributed by atoms with Crippen molar-refractivity contribution in [3.63, 3.8) is 0 Å². The van der Waals surface area contributed by atoms with E-state index >= 15 is 0 Å². The molecule has 0 radical (unpaired) electrons. The normalized spacial score (nSPS) is 31.9. The first-order chi connectivity index (χ1) is 7.00. The molecule has 3 nitrogen and oxygen atoms in total. The van der Waals surface area contributed by atoms with E-state index in [9.17, 15) is 0 Å². The Balaban J connectivity index is 2.50. The highest BCUT2D eigenvalue weighted by molar-refractivity contribution is 5.78. The Morgan fingerprint density at radius 1 is 1.47 bits per heavy atom. The largest absolute Gasteiger partial charge is 0.386 e. The van der Waals surface area contributed by atoms with Crippen LogP contribution in [0.3, 0.4) is 0 Å². The van der Waals surface area contributed by atoms with Crippen LogP contribution >= 0.6 is 0 Å². The first-order valence-electron chi connectivity index (χ1n) is 5.95. The van der Waals surface area contributed by atoms with Crippen molar-refractivity contribution in [3.05, 3.63) is 0 Å². The standard InChI is InChI=1S/C12H24N2O/c1-8(2)10-5-4-9(3)6-11(10)15-7-12(13)14/h8-11H,4-7H2,1-3H3,(H3,13,14). The molecule has 0 spiro atoms. The molecule has 0 amide bonds. The van der Waals surface area contributed by atoms with Crippen LogP contribution in [-0.2, 0) is 4.74 Å². The van der Waals surface area contributed by atoms with E-state index in [-0.39, 0.29) is 5.84 Å². The summed E-state index contributed by atoms with van der Waals surface area (Å²) in [5, 5.41) is 7.19. The van der Waals surface area contributed by atoms with Crippen molar-refractivity contribution >= 4 is 5.84 Å². The van der Waals surface area contributed by atoms with Gasteiger partial charge < -0.3 is 10.5 Å². The molecule has 3 N–H and O–H groups in total. The maximum Gasteiger partial charge on any atom is 0.117 e. The quantitative estimate of drug-likeness (QED) is 0.555. The number of nitrogens with one attached hydrogen (secondary N) is 1. The Kier molecular flexibility index (Phi) is 4.58. The van der Waals surface area contributed by atoms with Gasteiger partial charge >= 0.3 is 0 Å². The van der Waals surface area contributed by atoms with Gasteiger partial charge in [0.05, 0.1) is 6.10 Å². The van der Waals surface area contributed by atoms with Crippen molar-refractivity contribution < 1.29 is 4.74 Å². The molecule has 0 aliphatic heterocycles. The average Bonchev–Trinajstić information content (AvgIpc) is 2.14. The number of amidine groups is 1. The smallest absolute Gasteiger partial charge is 0.117 e. The maximum absolute atomic E-state index is 7.19. The van der Waals surface area contributed by atoms with Crippen LogP contribution in [0, 0.1) is 23.2 Å². The van der Waals surface area contributed by atoms with Crippen LogP contribution in [0.5, 0.6) is 0 Å². The molecule has 3 atom stereocenters. The van der Waals surface area contributed by atoms with Crippen molar-refractivity contribution in [3.8, 4) is 0 Å². The first kappa shape index (κ1) is 12.5. The zero-order chi connectivity index (χ0) is 11.4. The van der Waals surface area contributed by atoms with Crippen molar-refractivity contribution in [1.82, 2.24) is 0 Å². The molecule has 1 aliphatic rings. The summed E-state index contributed by atoms with van der Waals surface area (Å²) in [5.74, 6) is 2.18. The molecule has 15 heavy (non-hydrogen) atoms. The molecule has 0 bridgehead atoms. The highest BCUT2D eigenvalue weighted by Gasteiger charge is 2.31. The van der Waals surface area contributed by atoms with Crippen molar-refractivity contribution in [2.24, 2.45) is 23.5 Å². The number of nitrogens with two attached hydrogens (primary N) is 1. The summed E-state index contributed by atoms with van der Waals surface area (Å²) in [6.45, 7) is 7.08. The molecule has 1 rings (SSSR count). The molecule has 1 fully saturated rings. The summed E-state index contributed by atoms with van der Waals surface area (Å²) in [5.41, 5.74) is 5.32. The summed E-state index contributed by atoms with van der Waals surface area (Å²) in [6.07, 6.45) is 3.98. The fraction of sp³-hybridized carbons (Fsp3) is 0.917. The van der Waals surface area contributed by atoms with E-state index in [1.165, 1.54) is 12.8 Å². The fourth-order valence-electron chi connectivity index (χ4n) is 2.50. The van der Waals surface area contributed by atoms with Crippen LogP contribution in [0.4, 0.5) is 0 Å². The van der Waals surface area contributed by atoms with Gasteiger partial charge in [-0.2, -0.15) is 0 Å². The summed E-state index contributed by atoms with van der Waals surface area (Å²) in [7, 11) is 0. The van der Waals surface area contributed by atoms with E-state index in [0.717, 1.165) is 12.3 Å². The van der Waals surface area contributed by atoms with E-state index in [1.807, 2.05) is 0 Å². The molecule has 0 saturated heterocycles. The van der Waals surface area contributed by atoms with Gasteiger partial charge in [0.1, 0.15) is 12.4 Å². The molecule has 0 aromatic rings. The van der Waals surface area contributed by atoms with Gasteiger partial charge in [0.15, 0.2) is 0 Å². The molecule has 1 aliphatic carbocycles. The van der Waals surface area contributed by atoms with Crippen LogP contribution in [0.15, 0.2) is 0 Å². The zero-order valence-electron chi connectivity index (χ0n) is 10.1. The summed E-state index contributed by atoms with van der Waals surface area (Å²) >= 11 is 0. The van der Waals surface area contributed by atoms with E-state index in [0.29, 0.717) is 24.5 Å². The van der Waals surface area contributed by atoms with Crippen LogP contribution in [0.2, 0.25) is 0 Å². The van der Waals surface area contributed by atoms with Crippen LogP contribution in [0.25, 0.3) is 0 Å². The lowest BCUT2D eigenvalue weighted by molar-refractivity contribution is -0.0223. The lowest BCUT2D eigenvalue weighted by Crippen LogP contribution is -2.36. The highest BCUT2D eigenvalue weighted by atomic mass is 16.5. The summed E-state index contributed by atoms with van der Waals surface area (Å²) < 4.78 is 5.74. The Morgan fingerprint density at radius 2 is 2.13 bits per heavy atom. The Labute approximate surface area is 92.9 Å². The maximum atomic E-state index is 7.19. The molecule has 1 saturated carbocycles. The molecule has 3 heteroatoms. The van der Waals surface area contributed by atoms with Crippen molar-refractivity contribution in [2.75, 3.05) is 6.61 Å². The highest BCUT2D eigenvalue weighted by Crippen LogP contribution is 2.35. The van der Waals surface area contributed by atoms with Gasteiger partial charge in [0.25, 0.3) is 0 Å². The van der Waals surface area contributed by atoms with E-state index < -0.39 is 0 Å². The van der Waals surface area contributed by atoms with E-state index in [4.69, 9.17) is 15.9 Å². The van der Waals surface area contributed by atoms with Gasteiger partial charge in [-0.25, -0.2) is 0 Å². The lowest BCUT2D eigenvalue weighted by atomic mass is 9.75. The zero-order valence-corrected chi connectivity index (χ0v) is 10.1. The third kappa shape index (κ3) is 3.82. The third-order valence-corrected chi connectivity index (χ3v) is 3.41. The van der Waals surface area contributed by atoms with E-state index in [1.54, 1.807) is 0 Å². The predicted molar refractivity (Wildman–Crippen MR) is 63.0 cm³/mol. The van der Waals surface area contributed by atoms with Gasteiger partial charge in [0.2, 0.25) is 0 Å². The van der Waals surface area contributed by atoms with Crippen molar-refractivity contribution in [1.29, 1.82) is 5.41 Å². The monoisotopic (exact) mass is 212 g/mol. The Bertz CT molecular complexity index is 216. The molecule has 3 unspecified atom stereocenters. The number of ether oxygens (including phenoxy) is 1. The fourth-order valence-corrected chi connectivity index (χ4v) is 2.50. The predicted octanol–water partition coefficient (Wildman–Crippen LogP) is 2.40. The molecule has 0 aromatic carbocycles. The van der Waals surface area contributed by atoms with Gasteiger partial charge in [-0.3, -0.25) is 5.41 Å². The minimum atomic E-state index is 0.135. The second-order valence-electron chi connectivity index (χ2n) is 5.20. The topological polar surface area (TPSA) is 59.1 Å². The van der Waals surface area contributed by atoms with Gasteiger partial charge in [0, 0.05) is 0 Å². The second kappa shape index (κ2) is 5.50. The SMILES string of the molecule is CC1CCC(C(C)C)C(OCC(=N)N)C1. The third-order valence-electron chi connectivity index (χ3n) is 3.41. The summed E-state index contributed by atoms with van der Waals surface area (Å²) in [4.78, 5) is 0.